The molecular formula is C10H13N3O4. The Labute approximate surface area is 97.2 Å². The van der Waals surface area contributed by atoms with Gasteiger partial charge in [-0.1, -0.05) is 6.07 Å². The summed E-state index contributed by atoms with van der Waals surface area (Å²) in [6.45, 7) is -0.241. The van der Waals surface area contributed by atoms with Crippen LogP contribution in [0.15, 0.2) is 18.2 Å². The lowest BCUT2D eigenvalue weighted by Crippen LogP contribution is -2.28. The van der Waals surface area contributed by atoms with Gasteiger partial charge in [-0.15, -0.1) is 0 Å². The minimum atomic E-state index is -0.756. The molecule has 1 amide bonds. The third-order valence-corrected chi connectivity index (χ3v) is 2.29. The standard InChI is InChI=1S/C10H13N3O4/c11-7(5-14)3-6-1-2-8(13(16)17)4-9(6)10(12)15/h1-2,4,7,14H,3,5,11H2,(H2,12,15)/t7-/m0/s1. The fraction of sp³-hybridized carbons (Fsp3) is 0.300. The number of nitro groups is 1. The first-order valence-corrected chi connectivity index (χ1v) is 4.89. The zero-order chi connectivity index (χ0) is 13.0. The molecule has 0 spiro atoms. The molecule has 17 heavy (non-hydrogen) atoms. The Morgan fingerprint density at radius 3 is 2.65 bits per heavy atom. The van der Waals surface area contributed by atoms with Crippen molar-refractivity contribution in [2.45, 2.75) is 12.5 Å². The quantitative estimate of drug-likeness (QED) is 0.473. The van der Waals surface area contributed by atoms with Crippen molar-refractivity contribution in [2.24, 2.45) is 11.5 Å². The van der Waals surface area contributed by atoms with E-state index in [0.29, 0.717) is 5.56 Å². The number of carbonyl (C=O) groups excluding carboxylic acids is 1. The lowest BCUT2D eigenvalue weighted by molar-refractivity contribution is -0.384. The molecule has 0 unspecified atom stereocenters. The summed E-state index contributed by atoms with van der Waals surface area (Å²) in [4.78, 5) is 21.1. The molecule has 7 heteroatoms. The SMILES string of the molecule is NC(=O)c1cc([N+](=O)[O-])ccc1C[C@H](N)CO. The van der Waals surface area contributed by atoms with E-state index in [-0.39, 0.29) is 24.3 Å². The maximum absolute atomic E-state index is 11.2. The highest BCUT2D eigenvalue weighted by atomic mass is 16.6. The van der Waals surface area contributed by atoms with Crippen LogP contribution in [0.3, 0.4) is 0 Å². The van der Waals surface area contributed by atoms with Crippen LogP contribution < -0.4 is 11.5 Å². The Morgan fingerprint density at radius 2 is 2.18 bits per heavy atom. The van der Waals surface area contributed by atoms with Crippen LogP contribution in [0.2, 0.25) is 0 Å². The smallest absolute Gasteiger partial charge is 0.270 e. The third-order valence-electron chi connectivity index (χ3n) is 2.29. The normalized spacial score (nSPS) is 12.1. The zero-order valence-electron chi connectivity index (χ0n) is 9.00. The van der Waals surface area contributed by atoms with Gasteiger partial charge in [-0.25, -0.2) is 0 Å². The average Bonchev–Trinajstić information content (AvgIpc) is 2.28. The fourth-order valence-corrected chi connectivity index (χ4v) is 1.43. The second-order valence-electron chi connectivity index (χ2n) is 3.61. The Balaban J connectivity index is 3.13. The molecular weight excluding hydrogens is 226 g/mol. The monoisotopic (exact) mass is 239 g/mol. The van der Waals surface area contributed by atoms with Gasteiger partial charge < -0.3 is 16.6 Å². The number of rotatable bonds is 5. The number of primary amides is 1. The first-order valence-electron chi connectivity index (χ1n) is 4.89. The van der Waals surface area contributed by atoms with Crippen LogP contribution in [0.1, 0.15) is 15.9 Å². The van der Waals surface area contributed by atoms with Gasteiger partial charge in [0.1, 0.15) is 0 Å². The number of benzene rings is 1. The summed E-state index contributed by atoms with van der Waals surface area (Å²) in [6, 6.07) is 3.27. The largest absolute Gasteiger partial charge is 0.395 e. The number of nitrogens with zero attached hydrogens (tertiary/aromatic N) is 1. The number of aliphatic hydroxyl groups excluding tert-OH is 1. The molecule has 0 saturated carbocycles. The van der Waals surface area contributed by atoms with Crippen LogP contribution in [0, 0.1) is 10.1 Å². The molecule has 0 saturated heterocycles. The molecule has 1 aromatic rings. The van der Waals surface area contributed by atoms with E-state index in [1.165, 1.54) is 12.1 Å². The zero-order valence-corrected chi connectivity index (χ0v) is 9.00. The van der Waals surface area contributed by atoms with Crippen molar-refractivity contribution in [3.05, 3.63) is 39.4 Å². The van der Waals surface area contributed by atoms with Crippen LogP contribution >= 0.6 is 0 Å². The molecule has 0 radical (unpaired) electrons. The van der Waals surface area contributed by atoms with Gasteiger partial charge in [0.15, 0.2) is 0 Å². The number of amides is 1. The summed E-state index contributed by atoms with van der Waals surface area (Å²) < 4.78 is 0. The van der Waals surface area contributed by atoms with Crippen molar-refractivity contribution >= 4 is 11.6 Å². The van der Waals surface area contributed by atoms with E-state index in [1.807, 2.05) is 0 Å². The van der Waals surface area contributed by atoms with Gasteiger partial charge in [-0.2, -0.15) is 0 Å². The first kappa shape index (κ1) is 13.1. The number of non-ortho nitro benzene ring substituents is 1. The third kappa shape index (κ3) is 3.23. The summed E-state index contributed by atoms with van der Waals surface area (Å²) >= 11 is 0. The maximum Gasteiger partial charge on any atom is 0.270 e. The predicted octanol–water partition coefficient (Wildman–Crippen LogP) is -0.444. The van der Waals surface area contributed by atoms with Crippen LogP contribution in [0.25, 0.3) is 0 Å². The highest BCUT2D eigenvalue weighted by Crippen LogP contribution is 2.18. The lowest BCUT2D eigenvalue weighted by Gasteiger charge is -2.10. The van der Waals surface area contributed by atoms with Gasteiger partial charge in [-0.3, -0.25) is 14.9 Å². The highest BCUT2D eigenvalue weighted by Gasteiger charge is 2.16. The maximum atomic E-state index is 11.2. The lowest BCUT2D eigenvalue weighted by atomic mass is 10.00. The number of nitro benzene ring substituents is 1. The van der Waals surface area contributed by atoms with Crippen molar-refractivity contribution in [1.82, 2.24) is 0 Å². The Bertz CT molecular complexity index is 447. The molecule has 0 bridgehead atoms. The molecule has 0 fully saturated rings. The van der Waals surface area contributed by atoms with Crippen molar-refractivity contribution in [3.8, 4) is 0 Å². The highest BCUT2D eigenvalue weighted by molar-refractivity contribution is 5.95. The molecule has 0 heterocycles. The molecule has 7 nitrogen and oxygen atoms in total. The molecule has 1 rings (SSSR count). The van der Waals surface area contributed by atoms with E-state index < -0.39 is 16.9 Å². The molecule has 92 valence electrons. The van der Waals surface area contributed by atoms with Crippen molar-refractivity contribution < 1.29 is 14.8 Å². The van der Waals surface area contributed by atoms with E-state index >= 15 is 0 Å². The van der Waals surface area contributed by atoms with E-state index in [0.717, 1.165) is 6.07 Å². The molecule has 1 atom stereocenters. The Hall–Kier alpha value is -1.99. The number of hydrogen-bond acceptors (Lipinski definition) is 5. The number of carbonyl (C=O) groups is 1. The van der Waals surface area contributed by atoms with E-state index in [4.69, 9.17) is 16.6 Å². The van der Waals surface area contributed by atoms with E-state index in [1.54, 1.807) is 0 Å². The van der Waals surface area contributed by atoms with Crippen molar-refractivity contribution in [1.29, 1.82) is 0 Å². The van der Waals surface area contributed by atoms with Crippen LogP contribution in [-0.4, -0.2) is 28.6 Å². The summed E-state index contributed by atoms with van der Waals surface area (Å²) in [7, 11) is 0. The molecule has 1 aromatic carbocycles. The minimum absolute atomic E-state index is 0.0584. The van der Waals surface area contributed by atoms with Gasteiger partial charge in [0.2, 0.25) is 5.91 Å². The Kier molecular flexibility index (Phi) is 4.13. The molecule has 0 aliphatic carbocycles. The van der Waals surface area contributed by atoms with Crippen LogP contribution in [-0.2, 0) is 6.42 Å². The summed E-state index contributed by atoms with van der Waals surface area (Å²) in [5.41, 5.74) is 11.0. The van der Waals surface area contributed by atoms with Gasteiger partial charge >= 0.3 is 0 Å². The number of aliphatic hydroxyl groups is 1. The van der Waals surface area contributed by atoms with Crippen LogP contribution in [0.5, 0.6) is 0 Å². The summed E-state index contributed by atoms with van der Waals surface area (Å²) in [5.74, 6) is -0.756. The van der Waals surface area contributed by atoms with E-state index in [9.17, 15) is 14.9 Å². The number of hydrogen-bond donors (Lipinski definition) is 3. The van der Waals surface area contributed by atoms with Gasteiger partial charge in [0, 0.05) is 23.7 Å². The summed E-state index contributed by atoms with van der Waals surface area (Å²) in [5, 5.41) is 19.4. The second kappa shape index (κ2) is 5.37. The van der Waals surface area contributed by atoms with Gasteiger partial charge in [0.05, 0.1) is 11.5 Å². The van der Waals surface area contributed by atoms with Crippen molar-refractivity contribution in [2.75, 3.05) is 6.61 Å². The molecule has 0 aliphatic rings. The second-order valence-corrected chi connectivity index (χ2v) is 3.61. The summed E-state index contributed by atoms with van der Waals surface area (Å²) in [6.07, 6.45) is 0.229. The Morgan fingerprint density at radius 1 is 1.53 bits per heavy atom. The first-order chi connectivity index (χ1) is 7.95. The van der Waals surface area contributed by atoms with Gasteiger partial charge in [0.25, 0.3) is 5.69 Å². The molecule has 5 N–H and O–H groups in total. The molecule has 0 aliphatic heterocycles. The predicted molar refractivity (Wildman–Crippen MR) is 60.4 cm³/mol. The average molecular weight is 239 g/mol. The van der Waals surface area contributed by atoms with E-state index in [2.05, 4.69) is 0 Å². The van der Waals surface area contributed by atoms with Gasteiger partial charge in [-0.05, 0) is 12.0 Å². The topological polar surface area (TPSA) is 132 Å². The molecule has 0 aromatic heterocycles. The van der Waals surface area contributed by atoms with Crippen LogP contribution in [0.4, 0.5) is 5.69 Å². The minimum Gasteiger partial charge on any atom is -0.395 e. The fourth-order valence-electron chi connectivity index (χ4n) is 1.43. The number of nitrogens with two attached hydrogens (primary N) is 2. The van der Waals surface area contributed by atoms with Crippen molar-refractivity contribution in [3.63, 3.8) is 0 Å².